The number of amides is 1. The topological polar surface area (TPSA) is 46.9 Å². The van der Waals surface area contributed by atoms with Gasteiger partial charge in [0.1, 0.15) is 12.1 Å². The summed E-state index contributed by atoms with van der Waals surface area (Å²) in [5.74, 6) is -0.267. The molecule has 0 radical (unpaired) electrons. The van der Waals surface area contributed by atoms with E-state index in [-0.39, 0.29) is 17.9 Å². The molecule has 1 heterocycles. The van der Waals surface area contributed by atoms with Crippen LogP contribution in [-0.4, -0.2) is 15.6 Å². The van der Waals surface area contributed by atoms with Crippen LogP contribution in [0.1, 0.15) is 24.1 Å². The van der Waals surface area contributed by atoms with Crippen molar-refractivity contribution in [3.8, 4) is 0 Å². The fourth-order valence-electron chi connectivity index (χ4n) is 1.60. The summed E-state index contributed by atoms with van der Waals surface area (Å²) in [4.78, 5) is 15.6. The highest BCUT2D eigenvalue weighted by molar-refractivity contribution is 5.76. The number of hydrogen-bond acceptors (Lipinski definition) is 2. The minimum atomic E-state index is -0.291. The summed E-state index contributed by atoms with van der Waals surface area (Å²) in [7, 11) is 0. The third-order valence-corrected chi connectivity index (χ3v) is 2.77. The summed E-state index contributed by atoms with van der Waals surface area (Å²) in [6.07, 6.45) is 4.49. The average molecular weight is 247 g/mol. The lowest BCUT2D eigenvalue weighted by molar-refractivity contribution is 0.239. The van der Waals surface area contributed by atoms with Gasteiger partial charge >= 0.3 is 6.03 Å². The van der Waals surface area contributed by atoms with Gasteiger partial charge in [0.05, 0.1) is 6.04 Å². The summed E-state index contributed by atoms with van der Waals surface area (Å²) in [5, 5.41) is 2.76. The Morgan fingerprint density at radius 1 is 1.50 bits per heavy atom. The van der Waals surface area contributed by atoms with Crippen LogP contribution in [0, 0.1) is 12.7 Å². The summed E-state index contributed by atoms with van der Waals surface area (Å²) in [5.41, 5.74) is 1.32. The van der Waals surface area contributed by atoms with Crippen LogP contribution < -0.4 is 5.32 Å². The molecule has 18 heavy (non-hydrogen) atoms. The van der Waals surface area contributed by atoms with Crippen molar-refractivity contribution in [2.45, 2.75) is 19.9 Å². The zero-order chi connectivity index (χ0) is 13.1. The van der Waals surface area contributed by atoms with Gasteiger partial charge in [0.2, 0.25) is 0 Å². The lowest BCUT2D eigenvalue weighted by Crippen LogP contribution is -2.30. The summed E-state index contributed by atoms with van der Waals surface area (Å²) in [6, 6.07) is 4.38. The molecule has 2 rings (SSSR count). The Labute approximate surface area is 104 Å². The van der Waals surface area contributed by atoms with Crippen molar-refractivity contribution in [1.82, 2.24) is 14.9 Å². The average Bonchev–Trinajstić information content (AvgIpc) is 2.86. The van der Waals surface area contributed by atoms with Gasteiger partial charge in [-0.25, -0.2) is 14.2 Å². The molecule has 5 heteroatoms. The van der Waals surface area contributed by atoms with Crippen LogP contribution in [0.2, 0.25) is 0 Å². The minimum Gasteiger partial charge on any atom is -0.331 e. The van der Waals surface area contributed by atoms with Crippen LogP contribution in [0.15, 0.2) is 36.9 Å². The molecule has 0 saturated heterocycles. The zero-order valence-corrected chi connectivity index (χ0v) is 10.2. The number of rotatable bonds is 2. The number of halogens is 1. The molecule has 0 saturated carbocycles. The molecular weight excluding hydrogens is 233 g/mol. The monoisotopic (exact) mass is 247 g/mol. The van der Waals surface area contributed by atoms with Crippen molar-refractivity contribution in [3.05, 3.63) is 53.9 Å². The van der Waals surface area contributed by atoms with Gasteiger partial charge in [-0.2, -0.15) is 0 Å². The van der Waals surface area contributed by atoms with Crippen molar-refractivity contribution >= 4 is 6.03 Å². The molecule has 1 unspecified atom stereocenters. The molecular formula is C13H14FN3O. The van der Waals surface area contributed by atoms with Crippen molar-refractivity contribution in [2.24, 2.45) is 0 Å². The van der Waals surface area contributed by atoms with E-state index in [2.05, 4.69) is 10.3 Å². The second kappa shape index (κ2) is 5.00. The third-order valence-electron chi connectivity index (χ3n) is 2.77. The number of nitrogens with one attached hydrogen (secondary N) is 1. The lowest BCUT2D eigenvalue weighted by atomic mass is 10.1. The molecule has 1 aromatic carbocycles. The predicted octanol–water partition coefficient (Wildman–Crippen LogP) is 2.65. The van der Waals surface area contributed by atoms with Crippen molar-refractivity contribution < 1.29 is 9.18 Å². The Hall–Kier alpha value is -2.17. The first-order valence-corrected chi connectivity index (χ1v) is 5.63. The molecule has 2 aromatic rings. The van der Waals surface area contributed by atoms with Crippen LogP contribution >= 0.6 is 0 Å². The largest absolute Gasteiger partial charge is 0.331 e. The van der Waals surface area contributed by atoms with Crippen molar-refractivity contribution in [1.29, 1.82) is 0 Å². The highest BCUT2D eigenvalue weighted by Gasteiger charge is 2.11. The van der Waals surface area contributed by atoms with E-state index in [0.29, 0.717) is 5.56 Å². The van der Waals surface area contributed by atoms with E-state index in [1.165, 1.54) is 23.2 Å². The van der Waals surface area contributed by atoms with Gasteiger partial charge in [-0.15, -0.1) is 0 Å². The molecule has 0 spiro atoms. The van der Waals surface area contributed by atoms with Crippen LogP contribution in [0.5, 0.6) is 0 Å². The maximum absolute atomic E-state index is 13.4. The van der Waals surface area contributed by atoms with E-state index in [1.807, 2.05) is 0 Å². The quantitative estimate of drug-likeness (QED) is 0.886. The molecule has 0 aliphatic heterocycles. The minimum absolute atomic E-state index is 0.267. The highest BCUT2D eigenvalue weighted by atomic mass is 19.1. The SMILES string of the molecule is Cc1ccc(C(C)NC(=O)n2ccnc2)cc1F. The third kappa shape index (κ3) is 2.56. The van der Waals surface area contributed by atoms with Gasteiger partial charge in [0.15, 0.2) is 0 Å². The molecule has 1 amide bonds. The standard InChI is InChI=1S/C13H14FN3O/c1-9-3-4-11(7-12(9)14)10(2)16-13(18)17-6-5-15-8-17/h3-8,10H,1-2H3,(H,16,18). The van der Waals surface area contributed by atoms with Gasteiger partial charge < -0.3 is 5.32 Å². The van der Waals surface area contributed by atoms with Gasteiger partial charge in [0.25, 0.3) is 0 Å². The summed E-state index contributed by atoms with van der Waals surface area (Å²) >= 11 is 0. The molecule has 0 aliphatic rings. The van der Waals surface area contributed by atoms with Gasteiger partial charge in [0, 0.05) is 12.4 Å². The van der Waals surface area contributed by atoms with Gasteiger partial charge in [-0.1, -0.05) is 12.1 Å². The highest BCUT2D eigenvalue weighted by Crippen LogP contribution is 2.16. The number of carbonyl (C=O) groups is 1. The first kappa shape index (κ1) is 12.3. The molecule has 1 aromatic heterocycles. The van der Waals surface area contributed by atoms with Gasteiger partial charge in [-0.05, 0) is 31.0 Å². The second-order valence-corrected chi connectivity index (χ2v) is 4.15. The summed E-state index contributed by atoms with van der Waals surface area (Å²) in [6.45, 7) is 3.51. The number of aryl methyl sites for hydroxylation is 1. The summed E-state index contributed by atoms with van der Waals surface area (Å²) < 4.78 is 14.8. The van der Waals surface area contributed by atoms with E-state index in [1.54, 1.807) is 32.2 Å². The van der Waals surface area contributed by atoms with E-state index in [9.17, 15) is 9.18 Å². The Bertz CT molecular complexity index is 551. The molecule has 1 atom stereocenters. The van der Waals surface area contributed by atoms with Crippen LogP contribution in [0.25, 0.3) is 0 Å². The number of imidazole rings is 1. The van der Waals surface area contributed by atoms with E-state index in [4.69, 9.17) is 0 Å². The van der Waals surface area contributed by atoms with Crippen molar-refractivity contribution in [2.75, 3.05) is 0 Å². The van der Waals surface area contributed by atoms with Crippen molar-refractivity contribution in [3.63, 3.8) is 0 Å². The number of aromatic nitrogens is 2. The van der Waals surface area contributed by atoms with Crippen LogP contribution in [0.3, 0.4) is 0 Å². The molecule has 0 aliphatic carbocycles. The second-order valence-electron chi connectivity index (χ2n) is 4.15. The first-order valence-electron chi connectivity index (χ1n) is 5.63. The Morgan fingerprint density at radius 2 is 2.28 bits per heavy atom. The number of hydrogen-bond donors (Lipinski definition) is 1. The number of benzene rings is 1. The molecule has 0 fully saturated rings. The molecule has 0 bridgehead atoms. The predicted molar refractivity (Wildman–Crippen MR) is 65.7 cm³/mol. The number of nitrogens with zero attached hydrogens (tertiary/aromatic N) is 2. The van der Waals surface area contributed by atoms with Gasteiger partial charge in [-0.3, -0.25) is 4.57 Å². The maximum atomic E-state index is 13.4. The van der Waals surface area contributed by atoms with E-state index >= 15 is 0 Å². The Morgan fingerprint density at radius 3 is 2.89 bits per heavy atom. The van der Waals surface area contributed by atoms with Crippen LogP contribution in [-0.2, 0) is 0 Å². The van der Waals surface area contributed by atoms with E-state index in [0.717, 1.165) is 5.56 Å². The zero-order valence-electron chi connectivity index (χ0n) is 10.2. The molecule has 1 N–H and O–H groups in total. The number of carbonyl (C=O) groups excluding carboxylic acids is 1. The fourth-order valence-corrected chi connectivity index (χ4v) is 1.60. The van der Waals surface area contributed by atoms with Crippen LogP contribution in [0.4, 0.5) is 9.18 Å². The molecule has 4 nitrogen and oxygen atoms in total. The Balaban J connectivity index is 2.10. The Kier molecular flexibility index (Phi) is 3.41. The maximum Gasteiger partial charge on any atom is 0.327 e. The first-order chi connectivity index (χ1) is 8.58. The normalized spacial score (nSPS) is 12.2. The fraction of sp³-hybridized carbons (Fsp3) is 0.231. The van der Waals surface area contributed by atoms with E-state index < -0.39 is 0 Å². The smallest absolute Gasteiger partial charge is 0.327 e. The molecule has 94 valence electrons. The lowest BCUT2D eigenvalue weighted by Gasteiger charge is -2.14.